The number of benzene rings is 1. The molecule has 0 aliphatic carbocycles. The van der Waals surface area contributed by atoms with Crippen LogP contribution in [0.2, 0.25) is 0 Å². The first kappa shape index (κ1) is 15.7. The summed E-state index contributed by atoms with van der Waals surface area (Å²) in [6, 6.07) is 9.69. The predicted octanol–water partition coefficient (Wildman–Crippen LogP) is 3.20. The second-order valence-electron chi connectivity index (χ2n) is 5.80. The molecule has 0 aliphatic rings. The molecule has 0 amide bonds. The van der Waals surface area contributed by atoms with Gasteiger partial charge in [-0.1, -0.05) is 45.0 Å². The van der Waals surface area contributed by atoms with E-state index >= 15 is 0 Å². The van der Waals surface area contributed by atoms with Crippen molar-refractivity contribution in [3.63, 3.8) is 0 Å². The molecule has 1 aromatic carbocycles. The predicted molar refractivity (Wildman–Crippen MR) is 77.5 cm³/mol. The molecule has 0 saturated heterocycles. The van der Waals surface area contributed by atoms with E-state index in [0.29, 0.717) is 12.8 Å². The molecular formula is C15H21NO2S. The van der Waals surface area contributed by atoms with E-state index in [1.165, 1.54) is 5.56 Å². The van der Waals surface area contributed by atoms with Gasteiger partial charge in [0.1, 0.15) is 0 Å². The smallest absolute Gasteiger partial charge is 0.154 e. The highest BCUT2D eigenvalue weighted by atomic mass is 32.2. The van der Waals surface area contributed by atoms with Gasteiger partial charge in [-0.2, -0.15) is 5.26 Å². The monoisotopic (exact) mass is 279 g/mol. The van der Waals surface area contributed by atoms with E-state index < -0.39 is 9.84 Å². The van der Waals surface area contributed by atoms with Crippen molar-refractivity contribution in [1.82, 2.24) is 0 Å². The van der Waals surface area contributed by atoms with Gasteiger partial charge >= 0.3 is 0 Å². The Labute approximate surface area is 116 Å². The Morgan fingerprint density at radius 1 is 1.16 bits per heavy atom. The second kappa shape index (κ2) is 6.21. The van der Waals surface area contributed by atoms with Crippen LogP contribution in [0.1, 0.15) is 44.7 Å². The maximum Gasteiger partial charge on any atom is 0.154 e. The molecule has 19 heavy (non-hydrogen) atoms. The van der Waals surface area contributed by atoms with Crippen LogP contribution >= 0.6 is 0 Å². The Morgan fingerprint density at radius 2 is 1.74 bits per heavy atom. The summed E-state index contributed by atoms with van der Waals surface area (Å²) >= 11 is 0. The summed E-state index contributed by atoms with van der Waals surface area (Å²) in [5.74, 6) is 0.143. The van der Waals surface area contributed by atoms with E-state index in [1.807, 2.05) is 30.3 Å². The fourth-order valence-corrected chi connectivity index (χ4v) is 3.23. The van der Waals surface area contributed by atoms with E-state index in [4.69, 9.17) is 5.26 Å². The van der Waals surface area contributed by atoms with Gasteiger partial charge in [-0.15, -0.1) is 0 Å². The summed E-state index contributed by atoms with van der Waals surface area (Å²) in [5.41, 5.74) is 2.08. The maximum absolute atomic E-state index is 11.8. The minimum atomic E-state index is -3.11. The number of rotatable bonds is 5. The minimum absolute atomic E-state index is 0.0584. The van der Waals surface area contributed by atoms with Crippen molar-refractivity contribution >= 4 is 9.84 Å². The van der Waals surface area contributed by atoms with Crippen molar-refractivity contribution in [3.05, 3.63) is 35.4 Å². The lowest BCUT2D eigenvalue weighted by molar-refractivity contribution is 0.589. The lowest BCUT2D eigenvalue weighted by Gasteiger charge is -2.19. The molecular weight excluding hydrogens is 258 g/mol. The molecule has 1 aromatic rings. The molecule has 0 aromatic heterocycles. The van der Waals surface area contributed by atoms with Crippen molar-refractivity contribution < 1.29 is 8.42 Å². The average molecular weight is 279 g/mol. The zero-order chi connectivity index (χ0) is 14.5. The van der Waals surface area contributed by atoms with Crippen molar-refractivity contribution in [3.8, 4) is 6.07 Å². The van der Waals surface area contributed by atoms with Gasteiger partial charge in [-0.3, -0.25) is 0 Å². The number of nitriles is 1. The molecule has 0 radical (unpaired) electrons. The van der Waals surface area contributed by atoms with Crippen LogP contribution in [0.4, 0.5) is 0 Å². The minimum Gasteiger partial charge on any atom is -0.228 e. The van der Waals surface area contributed by atoms with Crippen LogP contribution in [0.15, 0.2) is 24.3 Å². The molecule has 0 atom stereocenters. The summed E-state index contributed by atoms with van der Waals surface area (Å²) in [7, 11) is -3.11. The summed E-state index contributed by atoms with van der Waals surface area (Å²) < 4.78 is 23.7. The molecule has 3 nitrogen and oxygen atoms in total. The summed E-state index contributed by atoms with van der Waals surface area (Å²) in [4.78, 5) is 0. The Bertz CT molecular complexity index is 545. The fraction of sp³-hybridized carbons (Fsp3) is 0.533. The van der Waals surface area contributed by atoms with Gasteiger partial charge in [-0.05, 0) is 23.0 Å². The number of sulfone groups is 1. The van der Waals surface area contributed by atoms with E-state index in [0.717, 1.165) is 5.56 Å². The summed E-state index contributed by atoms with van der Waals surface area (Å²) in [5, 5.41) is 8.41. The molecule has 0 spiro atoms. The van der Waals surface area contributed by atoms with Gasteiger partial charge in [0.15, 0.2) is 9.84 Å². The van der Waals surface area contributed by atoms with Crippen LogP contribution in [0, 0.1) is 11.3 Å². The van der Waals surface area contributed by atoms with Crippen molar-refractivity contribution in [2.45, 2.75) is 44.8 Å². The summed E-state index contributed by atoms with van der Waals surface area (Å²) in [6.07, 6.45) is 0.709. The zero-order valence-corrected chi connectivity index (χ0v) is 12.6. The van der Waals surface area contributed by atoms with Crippen LogP contribution in [-0.4, -0.2) is 14.2 Å². The molecule has 0 fully saturated rings. The van der Waals surface area contributed by atoms with Crippen molar-refractivity contribution in [1.29, 1.82) is 5.26 Å². The SMILES string of the molecule is CC(C)(C)c1ccc(CS(=O)(=O)CCCC#N)cc1. The van der Waals surface area contributed by atoms with Gasteiger partial charge in [0.25, 0.3) is 0 Å². The van der Waals surface area contributed by atoms with E-state index in [9.17, 15) is 8.42 Å². The summed E-state index contributed by atoms with van der Waals surface area (Å²) in [6.45, 7) is 6.38. The third kappa shape index (κ3) is 5.44. The number of hydrogen-bond donors (Lipinski definition) is 0. The van der Waals surface area contributed by atoms with E-state index in [1.54, 1.807) is 0 Å². The van der Waals surface area contributed by atoms with Crippen molar-refractivity contribution in [2.75, 3.05) is 5.75 Å². The Morgan fingerprint density at radius 3 is 2.21 bits per heavy atom. The lowest BCUT2D eigenvalue weighted by Crippen LogP contribution is -2.12. The second-order valence-corrected chi connectivity index (χ2v) is 7.98. The number of nitrogens with zero attached hydrogens (tertiary/aromatic N) is 1. The van der Waals surface area contributed by atoms with Gasteiger partial charge in [0, 0.05) is 6.42 Å². The van der Waals surface area contributed by atoms with E-state index in [2.05, 4.69) is 20.8 Å². The maximum atomic E-state index is 11.8. The Hall–Kier alpha value is -1.34. The van der Waals surface area contributed by atoms with Gasteiger partial charge in [0.05, 0.1) is 17.6 Å². The van der Waals surface area contributed by atoms with Crippen LogP contribution in [0.5, 0.6) is 0 Å². The fourth-order valence-electron chi connectivity index (χ4n) is 1.80. The van der Waals surface area contributed by atoms with Crippen LogP contribution in [0.25, 0.3) is 0 Å². The number of unbranched alkanes of at least 4 members (excludes halogenated alkanes) is 1. The molecule has 0 unspecified atom stereocenters. The molecule has 4 heteroatoms. The first-order valence-corrected chi connectivity index (χ1v) is 8.23. The average Bonchev–Trinajstić information content (AvgIpc) is 2.28. The standard InChI is InChI=1S/C15H21NO2S/c1-15(2,3)14-8-6-13(7-9-14)12-19(17,18)11-5-4-10-16/h6-9H,4-5,11-12H2,1-3H3. The largest absolute Gasteiger partial charge is 0.228 e. The first-order chi connectivity index (χ1) is 8.74. The molecule has 0 bridgehead atoms. The molecule has 104 valence electrons. The van der Waals surface area contributed by atoms with Gasteiger partial charge in [0.2, 0.25) is 0 Å². The van der Waals surface area contributed by atoms with Crippen LogP contribution in [0.3, 0.4) is 0 Å². The Balaban J connectivity index is 2.71. The highest BCUT2D eigenvalue weighted by Crippen LogP contribution is 2.22. The quantitative estimate of drug-likeness (QED) is 0.778. The highest BCUT2D eigenvalue weighted by molar-refractivity contribution is 7.90. The van der Waals surface area contributed by atoms with Crippen LogP contribution in [-0.2, 0) is 21.0 Å². The molecule has 0 aliphatic heterocycles. The third-order valence-electron chi connectivity index (χ3n) is 2.95. The normalized spacial score (nSPS) is 12.1. The molecule has 0 heterocycles. The molecule has 0 N–H and O–H groups in total. The highest BCUT2D eigenvalue weighted by Gasteiger charge is 2.15. The zero-order valence-electron chi connectivity index (χ0n) is 11.8. The Kier molecular flexibility index (Phi) is 5.13. The van der Waals surface area contributed by atoms with Crippen LogP contribution < -0.4 is 0 Å². The van der Waals surface area contributed by atoms with Crippen molar-refractivity contribution in [2.24, 2.45) is 0 Å². The molecule has 0 saturated carbocycles. The molecule has 1 rings (SSSR count). The topological polar surface area (TPSA) is 57.9 Å². The lowest BCUT2D eigenvalue weighted by atomic mass is 9.87. The van der Waals surface area contributed by atoms with E-state index in [-0.39, 0.29) is 16.9 Å². The third-order valence-corrected chi connectivity index (χ3v) is 4.63. The number of hydrogen-bond acceptors (Lipinski definition) is 3. The van der Waals surface area contributed by atoms with Gasteiger partial charge < -0.3 is 0 Å². The first-order valence-electron chi connectivity index (χ1n) is 6.41. The van der Waals surface area contributed by atoms with Gasteiger partial charge in [-0.25, -0.2) is 8.42 Å².